The maximum absolute atomic E-state index is 17.1. The van der Waals surface area contributed by atoms with Crippen LogP contribution in [0.2, 0.25) is 0 Å². The second-order valence-corrected chi connectivity index (χ2v) is 22.2. The number of carbonyl (C=O) groups is 6. The number of carboxylic acids is 2. The Morgan fingerprint density at radius 2 is 1.22 bits per heavy atom. The first-order chi connectivity index (χ1) is 40.6. The number of methoxy groups -OCH3 is 2. The minimum Gasteiger partial charge on any atom is -0.493 e. The average Bonchev–Trinajstić information content (AvgIpc) is 1.52. The van der Waals surface area contributed by atoms with Crippen molar-refractivity contribution in [2.75, 3.05) is 33.9 Å². The molecule has 6 aromatic rings. The summed E-state index contributed by atoms with van der Waals surface area (Å²) in [6, 6.07) is 15.6. The lowest BCUT2D eigenvalue weighted by molar-refractivity contribution is -0.193. The number of nitrogens with zero attached hydrogens (tertiary/aromatic N) is 5. The lowest BCUT2D eigenvalue weighted by Crippen LogP contribution is -2.51. The van der Waals surface area contributed by atoms with Gasteiger partial charge in [-0.15, -0.1) is 0 Å². The van der Waals surface area contributed by atoms with Crippen LogP contribution >= 0.6 is 0 Å². The lowest BCUT2D eigenvalue weighted by atomic mass is 9.89. The number of benzene rings is 3. The summed E-state index contributed by atoms with van der Waals surface area (Å²) >= 11 is 0. The number of H-pyrrole nitrogens is 2. The summed E-state index contributed by atoms with van der Waals surface area (Å²) in [7, 11) is 2.55. The smallest absolute Gasteiger partial charge is 0.490 e. The highest BCUT2D eigenvalue weighted by Gasteiger charge is 2.48. The van der Waals surface area contributed by atoms with Crippen molar-refractivity contribution < 1.29 is 88.7 Å². The summed E-state index contributed by atoms with van der Waals surface area (Å²) in [5.74, 6) is -4.30. The number of amides is 4. The molecule has 1 saturated carbocycles. The number of aliphatic carboxylic acids is 2. The number of hydrogen-bond acceptors (Lipinski definition) is 12. The molecule has 0 radical (unpaired) electrons. The van der Waals surface area contributed by atoms with E-state index in [0.717, 1.165) is 65.6 Å². The van der Waals surface area contributed by atoms with Gasteiger partial charge in [-0.05, 0) is 93.2 Å². The van der Waals surface area contributed by atoms with Crippen molar-refractivity contribution >= 4 is 46.8 Å². The molecule has 1 unspecified atom stereocenters. The molecule has 6 N–H and O–H groups in total. The van der Waals surface area contributed by atoms with Gasteiger partial charge in [0.05, 0.1) is 73.5 Å². The molecule has 4 aliphatic heterocycles. The van der Waals surface area contributed by atoms with Gasteiger partial charge in [0.1, 0.15) is 41.0 Å². The van der Waals surface area contributed by atoms with E-state index in [0.29, 0.717) is 72.5 Å². The van der Waals surface area contributed by atoms with E-state index in [4.69, 9.17) is 48.7 Å². The largest absolute Gasteiger partial charge is 0.493 e. The predicted molar refractivity (Wildman–Crippen MR) is 292 cm³/mol. The van der Waals surface area contributed by atoms with Crippen LogP contribution in [-0.2, 0) is 34.1 Å². The summed E-state index contributed by atoms with van der Waals surface area (Å²) in [6.07, 6.45) is -2.53. The molecule has 0 bridgehead atoms. The highest BCUT2D eigenvalue weighted by Crippen LogP contribution is 2.57. The van der Waals surface area contributed by atoms with Crippen molar-refractivity contribution in [3.8, 4) is 45.3 Å². The Balaban J connectivity index is 0.000000565. The third kappa shape index (κ3) is 12.6. The summed E-state index contributed by atoms with van der Waals surface area (Å²) < 4.78 is 106. The molecule has 1 spiro atoms. The third-order valence-electron chi connectivity index (χ3n) is 16.0. The molecule has 3 aromatic carbocycles. The number of aromatic nitrogens is 5. The van der Waals surface area contributed by atoms with E-state index in [1.807, 2.05) is 52.0 Å². The van der Waals surface area contributed by atoms with E-state index in [9.17, 15) is 45.5 Å². The van der Waals surface area contributed by atoms with Crippen LogP contribution in [0.25, 0.3) is 44.7 Å². The lowest BCUT2D eigenvalue weighted by Gasteiger charge is -2.32. The number of fused-ring (bicyclic) bond motifs is 7. The summed E-state index contributed by atoms with van der Waals surface area (Å²) in [5, 5.41) is 20.5. The van der Waals surface area contributed by atoms with E-state index < -0.39 is 60.6 Å². The quantitative estimate of drug-likeness (QED) is 0.0659. The fourth-order valence-corrected chi connectivity index (χ4v) is 11.4. The number of ether oxygens (including phenoxy) is 4. The summed E-state index contributed by atoms with van der Waals surface area (Å²) in [4.78, 5) is 89.8. The second kappa shape index (κ2) is 24.3. The van der Waals surface area contributed by atoms with Crippen LogP contribution in [0.1, 0.15) is 114 Å². The minimum absolute atomic E-state index is 0.158. The van der Waals surface area contributed by atoms with Crippen molar-refractivity contribution in [3.63, 3.8) is 0 Å². The molecule has 460 valence electrons. The molecular weight excluding hydrogens is 1150 g/mol. The molecule has 1 aliphatic carbocycles. The molecule has 5 aliphatic rings. The Hall–Kier alpha value is -8.85. The minimum atomic E-state index is -5.08. The first-order valence-electron chi connectivity index (χ1n) is 27.6. The highest BCUT2D eigenvalue weighted by molar-refractivity contribution is 5.93. The van der Waals surface area contributed by atoms with Gasteiger partial charge in [0.15, 0.2) is 0 Å². The van der Waals surface area contributed by atoms with Crippen molar-refractivity contribution in [1.29, 1.82) is 0 Å². The topological polar surface area (TPSA) is 273 Å². The Morgan fingerprint density at radius 3 is 1.71 bits per heavy atom. The number of rotatable bonds is 11. The van der Waals surface area contributed by atoms with Crippen LogP contribution in [0.4, 0.5) is 40.3 Å². The van der Waals surface area contributed by atoms with E-state index >= 15 is 4.39 Å². The van der Waals surface area contributed by atoms with Gasteiger partial charge in [0, 0.05) is 46.1 Å². The van der Waals surface area contributed by atoms with Gasteiger partial charge in [-0.25, -0.2) is 33.5 Å². The van der Waals surface area contributed by atoms with Crippen LogP contribution in [0, 0.1) is 17.7 Å². The second-order valence-electron chi connectivity index (χ2n) is 22.2. The first kappa shape index (κ1) is 61.7. The van der Waals surface area contributed by atoms with Crippen LogP contribution < -0.4 is 20.1 Å². The molecule has 4 amide bonds. The Bertz CT molecular complexity index is 3550. The number of carboxylic acid groups (broad SMARTS) is 2. The number of alkyl carbamates (subject to hydrolysis) is 2. The third-order valence-corrected chi connectivity index (χ3v) is 16.0. The number of alkyl halides is 6. The van der Waals surface area contributed by atoms with Crippen LogP contribution in [-0.4, -0.2) is 139 Å². The highest BCUT2D eigenvalue weighted by atomic mass is 19.4. The van der Waals surface area contributed by atoms with E-state index in [-0.39, 0.29) is 41.1 Å². The molecule has 86 heavy (non-hydrogen) atoms. The van der Waals surface area contributed by atoms with Gasteiger partial charge in [0.2, 0.25) is 18.0 Å². The zero-order valence-corrected chi connectivity index (χ0v) is 47.3. The molecule has 21 nitrogen and oxygen atoms in total. The number of halogens is 7. The molecule has 2 saturated heterocycles. The number of imidazole rings is 2. The maximum Gasteiger partial charge on any atom is 0.490 e. The molecule has 3 fully saturated rings. The van der Waals surface area contributed by atoms with Gasteiger partial charge in [-0.2, -0.15) is 26.3 Å². The van der Waals surface area contributed by atoms with E-state index in [2.05, 4.69) is 49.4 Å². The molecule has 3 aromatic heterocycles. The Kier molecular flexibility index (Phi) is 17.4. The summed E-state index contributed by atoms with van der Waals surface area (Å²) in [5.41, 5.74) is 6.76. The van der Waals surface area contributed by atoms with Gasteiger partial charge >= 0.3 is 36.5 Å². The van der Waals surface area contributed by atoms with E-state index in [1.54, 1.807) is 22.2 Å². The Morgan fingerprint density at radius 1 is 0.698 bits per heavy atom. The van der Waals surface area contributed by atoms with Crippen molar-refractivity contribution in [2.45, 2.75) is 121 Å². The molecule has 7 heterocycles. The number of aromatic amines is 2. The van der Waals surface area contributed by atoms with Crippen LogP contribution in [0.15, 0.2) is 67.0 Å². The predicted octanol–water partition coefficient (Wildman–Crippen LogP) is 10.3. The summed E-state index contributed by atoms with van der Waals surface area (Å²) in [6.45, 7) is 9.21. The maximum atomic E-state index is 17.1. The molecule has 11 rings (SSSR count). The van der Waals surface area contributed by atoms with Crippen molar-refractivity contribution in [1.82, 2.24) is 44.9 Å². The van der Waals surface area contributed by atoms with Crippen LogP contribution in [0.5, 0.6) is 11.5 Å². The monoisotopic (exact) mass is 1210 g/mol. The number of hydrogen-bond donors (Lipinski definition) is 6. The van der Waals surface area contributed by atoms with Gasteiger partial charge < -0.3 is 64.1 Å². The zero-order chi connectivity index (χ0) is 62.3. The average molecular weight is 1210 g/mol. The van der Waals surface area contributed by atoms with Gasteiger partial charge in [-0.3, -0.25) is 9.59 Å². The van der Waals surface area contributed by atoms with E-state index in [1.165, 1.54) is 25.8 Å². The Labute approximate surface area is 486 Å². The fraction of sp³-hybridized carbons (Fsp3) is 0.448. The standard InChI is InChI=1S/C54H60FN9O8.2C2HF3O2/c1-28(2)45(60-52(67)69-5)49(65)62-18-7-9-39(62)47-56-26-36(58-47)30-12-14-38-33(21-30)23-41-44-35(55)22-32(25-43(44)72-51(64(38)41)31-11-13-34-42(24-31)71-20-17-54(34)15-16-54)37-27-57-48(59-37)40-10-8-19-63(40)50(66)46(29(3)4)61-53(68)70-6;2*3-2(4,5)1(6)7/h11-14,21-29,39-40,45-46,51H,7-10,15-20H2,1-6H3,(H,56,58)(H,57,59)(H,60,67)(H,61,68);2*(H,6,7)/t39-,40-,45-,46-,51?;;/m0../s1. The van der Waals surface area contributed by atoms with Crippen LogP contribution in [0.3, 0.4) is 0 Å². The first-order valence-corrected chi connectivity index (χ1v) is 27.6. The number of likely N-dealkylation sites (tertiary alicyclic amines) is 2. The molecule has 5 atom stereocenters. The fourth-order valence-electron chi connectivity index (χ4n) is 11.4. The zero-order valence-electron chi connectivity index (χ0n) is 47.3. The number of nitrogens with one attached hydrogen (secondary N) is 4. The molecule has 28 heteroatoms. The normalized spacial score (nSPS) is 18.9. The molecular formula is C58H62F7N9O12. The SMILES string of the molecule is COC(=O)N[C@H](C(=O)N1CCC[C@H]1c1ncc(-c2cc(F)c3c(c2)OC(c2ccc4c(c2)OCCC42CC2)n2c-3cc3cc(-c4cnc([C@@H]5CCCN5C(=O)[C@@H](NC(=O)OC)C(C)C)[nH]4)ccc32)[nH]1)C(C)C.O=C(O)C(F)(F)F.O=C(O)C(F)(F)F. The van der Waals surface area contributed by atoms with Gasteiger partial charge in [-0.1, -0.05) is 45.9 Å². The van der Waals surface area contributed by atoms with Crippen molar-refractivity contribution in [3.05, 3.63) is 95.6 Å². The number of carbonyl (C=O) groups excluding carboxylic acids is 4. The van der Waals surface area contributed by atoms with Crippen molar-refractivity contribution in [2.24, 2.45) is 11.8 Å². The van der Waals surface area contributed by atoms with Gasteiger partial charge in [0.25, 0.3) is 0 Å².